The number of thioether (sulfide) groups is 1. The molecule has 1 aliphatic carbocycles. The summed E-state index contributed by atoms with van der Waals surface area (Å²) in [4.78, 5) is 44.0. The van der Waals surface area contributed by atoms with E-state index >= 15 is 0 Å². The third-order valence-electron chi connectivity index (χ3n) is 7.59. The van der Waals surface area contributed by atoms with E-state index < -0.39 is 18.0 Å². The molecule has 0 radical (unpaired) electrons. The number of carbonyl (C=O) groups is 3. The van der Waals surface area contributed by atoms with Gasteiger partial charge < -0.3 is 20.0 Å². The third-order valence-corrected chi connectivity index (χ3v) is 9.09. The molecule has 5 aliphatic rings. The molecule has 2 amide bonds. The predicted molar refractivity (Wildman–Crippen MR) is 110 cm³/mol. The normalized spacial score (nSPS) is 38.8. The zero-order valence-electron chi connectivity index (χ0n) is 17.7. The molecule has 0 aromatic rings. The SMILES string of the molecule is C[C@@H](O)[C@H]1C(=O)N2C(C(=O)O)=C(S[C@H]3C[C@H]4C(=O)N(C5CC5)C(C)(C)N4C3)[C@H](C)[C@H]12. The van der Waals surface area contributed by atoms with Gasteiger partial charge in [-0.3, -0.25) is 14.5 Å². The molecule has 0 spiro atoms. The van der Waals surface area contributed by atoms with Crippen molar-refractivity contribution in [2.45, 2.75) is 82.1 Å². The van der Waals surface area contributed by atoms with E-state index in [2.05, 4.69) is 23.6 Å². The van der Waals surface area contributed by atoms with Crippen LogP contribution in [0, 0.1) is 11.8 Å². The van der Waals surface area contributed by atoms with Crippen molar-refractivity contribution in [1.82, 2.24) is 14.7 Å². The monoisotopic (exact) mass is 435 g/mol. The average Bonchev–Trinajstić information content (AvgIpc) is 3.26. The molecule has 1 saturated carbocycles. The van der Waals surface area contributed by atoms with Crippen molar-refractivity contribution < 1.29 is 24.6 Å². The molecule has 30 heavy (non-hydrogen) atoms. The van der Waals surface area contributed by atoms with Crippen molar-refractivity contribution in [2.75, 3.05) is 6.54 Å². The van der Waals surface area contributed by atoms with E-state index in [-0.39, 0.29) is 46.4 Å². The fraction of sp³-hybridized carbons (Fsp3) is 0.762. The number of rotatable bonds is 5. The molecule has 6 atom stereocenters. The lowest BCUT2D eigenvalue weighted by Crippen LogP contribution is -2.63. The first-order chi connectivity index (χ1) is 14.1. The number of β-lactam (4-membered cyclic amide) rings is 1. The molecule has 4 aliphatic heterocycles. The Kier molecular flexibility index (Phi) is 4.38. The highest BCUT2D eigenvalue weighted by Gasteiger charge is 2.62. The molecule has 4 heterocycles. The van der Waals surface area contributed by atoms with Gasteiger partial charge in [0.2, 0.25) is 11.8 Å². The summed E-state index contributed by atoms with van der Waals surface area (Å²) in [5, 5.41) is 19.9. The summed E-state index contributed by atoms with van der Waals surface area (Å²) in [7, 11) is 0. The van der Waals surface area contributed by atoms with Crippen molar-refractivity contribution in [1.29, 1.82) is 0 Å². The Hall–Kier alpha value is -1.58. The minimum Gasteiger partial charge on any atom is -0.477 e. The maximum atomic E-state index is 13.1. The summed E-state index contributed by atoms with van der Waals surface area (Å²) in [5.74, 6) is -1.89. The topological polar surface area (TPSA) is 101 Å². The lowest BCUT2D eigenvalue weighted by molar-refractivity contribution is -0.163. The third kappa shape index (κ3) is 2.58. The van der Waals surface area contributed by atoms with Gasteiger partial charge in [-0.2, -0.15) is 0 Å². The maximum absolute atomic E-state index is 13.1. The van der Waals surface area contributed by atoms with Crippen LogP contribution in [-0.2, 0) is 14.4 Å². The van der Waals surface area contributed by atoms with Crippen molar-refractivity contribution in [3.05, 3.63) is 10.6 Å². The molecule has 0 aromatic heterocycles. The van der Waals surface area contributed by atoms with Crippen molar-refractivity contribution in [2.24, 2.45) is 11.8 Å². The Balaban J connectivity index is 1.37. The molecule has 0 bridgehead atoms. The van der Waals surface area contributed by atoms with Gasteiger partial charge in [0.1, 0.15) is 5.70 Å². The molecular formula is C21H29N3O5S. The minimum atomic E-state index is -1.10. The van der Waals surface area contributed by atoms with Crippen LogP contribution in [0.2, 0.25) is 0 Å². The van der Waals surface area contributed by atoms with Gasteiger partial charge in [-0.05, 0) is 40.0 Å². The molecular weight excluding hydrogens is 406 g/mol. The van der Waals surface area contributed by atoms with Gasteiger partial charge in [0.15, 0.2) is 0 Å². The number of aliphatic carboxylic acids is 1. The van der Waals surface area contributed by atoms with Crippen molar-refractivity contribution >= 4 is 29.5 Å². The van der Waals surface area contributed by atoms with Gasteiger partial charge in [-0.1, -0.05) is 6.92 Å². The first-order valence-corrected chi connectivity index (χ1v) is 11.7. The van der Waals surface area contributed by atoms with Gasteiger partial charge in [-0.15, -0.1) is 11.8 Å². The fourth-order valence-corrected chi connectivity index (χ4v) is 7.63. The van der Waals surface area contributed by atoms with E-state index in [4.69, 9.17) is 0 Å². The number of amides is 2. The number of carbonyl (C=O) groups excluding carboxylic acids is 2. The quantitative estimate of drug-likeness (QED) is 0.623. The number of hydrogen-bond donors (Lipinski definition) is 2. The Labute approximate surface area is 180 Å². The highest BCUT2D eigenvalue weighted by molar-refractivity contribution is 8.03. The zero-order chi connectivity index (χ0) is 21.7. The van der Waals surface area contributed by atoms with Gasteiger partial charge in [-0.25, -0.2) is 4.79 Å². The average molecular weight is 436 g/mol. The van der Waals surface area contributed by atoms with Crippen LogP contribution in [0.5, 0.6) is 0 Å². The highest BCUT2D eigenvalue weighted by atomic mass is 32.2. The molecule has 0 unspecified atom stereocenters. The van der Waals surface area contributed by atoms with E-state index in [0.29, 0.717) is 17.4 Å². The molecule has 3 saturated heterocycles. The van der Waals surface area contributed by atoms with E-state index in [9.17, 15) is 24.6 Å². The van der Waals surface area contributed by atoms with E-state index in [1.54, 1.807) is 6.92 Å². The second-order valence-electron chi connectivity index (χ2n) is 9.85. The van der Waals surface area contributed by atoms with Crippen molar-refractivity contribution in [3.8, 4) is 0 Å². The highest BCUT2D eigenvalue weighted by Crippen LogP contribution is 2.53. The molecule has 9 heteroatoms. The lowest BCUT2D eigenvalue weighted by atomic mass is 9.79. The number of hydrogen-bond acceptors (Lipinski definition) is 6. The van der Waals surface area contributed by atoms with E-state index in [1.165, 1.54) is 16.7 Å². The van der Waals surface area contributed by atoms with E-state index in [0.717, 1.165) is 19.4 Å². The predicted octanol–water partition coefficient (Wildman–Crippen LogP) is 1.06. The Morgan fingerprint density at radius 3 is 2.43 bits per heavy atom. The Bertz CT molecular complexity index is 867. The second-order valence-corrected chi connectivity index (χ2v) is 11.2. The zero-order valence-corrected chi connectivity index (χ0v) is 18.6. The summed E-state index contributed by atoms with van der Waals surface area (Å²) >= 11 is 1.52. The standard InChI is InChI=1S/C21H29N3O5S/c1-9-15-14(10(2)25)19(27)23(15)16(20(28)29)17(9)30-12-7-13-18(26)24(11-5-6-11)21(3,4)22(13)8-12/h9-15,25H,5-8H2,1-4H3,(H,28,29)/t9-,10-,12+,13+,14-,15-/m1/s1. The summed E-state index contributed by atoms with van der Waals surface area (Å²) in [6.45, 7) is 8.46. The van der Waals surface area contributed by atoms with Crippen LogP contribution in [0.3, 0.4) is 0 Å². The first kappa shape index (κ1) is 20.3. The number of aliphatic hydroxyl groups is 1. The van der Waals surface area contributed by atoms with E-state index in [1.807, 2.05) is 6.92 Å². The van der Waals surface area contributed by atoms with Crippen LogP contribution in [0.4, 0.5) is 0 Å². The first-order valence-electron chi connectivity index (χ1n) is 10.8. The summed E-state index contributed by atoms with van der Waals surface area (Å²) in [6, 6.07) is -0.0736. The van der Waals surface area contributed by atoms with Gasteiger partial charge in [0.25, 0.3) is 0 Å². The number of aliphatic hydroxyl groups excluding tert-OH is 1. The fourth-order valence-electron chi connectivity index (χ4n) is 6.11. The van der Waals surface area contributed by atoms with Gasteiger partial charge in [0, 0.05) is 28.7 Å². The largest absolute Gasteiger partial charge is 0.477 e. The van der Waals surface area contributed by atoms with Crippen LogP contribution in [0.1, 0.15) is 47.0 Å². The smallest absolute Gasteiger partial charge is 0.353 e. The summed E-state index contributed by atoms with van der Waals surface area (Å²) in [5.41, 5.74) is -0.254. The molecule has 164 valence electrons. The molecule has 4 fully saturated rings. The van der Waals surface area contributed by atoms with Crippen molar-refractivity contribution in [3.63, 3.8) is 0 Å². The number of carboxylic acids is 1. The van der Waals surface area contributed by atoms with Crippen LogP contribution in [0.25, 0.3) is 0 Å². The molecule has 0 aromatic carbocycles. The second kappa shape index (κ2) is 6.46. The molecule has 8 nitrogen and oxygen atoms in total. The van der Waals surface area contributed by atoms with Crippen LogP contribution < -0.4 is 0 Å². The summed E-state index contributed by atoms with van der Waals surface area (Å²) < 4.78 is 0. The van der Waals surface area contributed by atoms with Crippen LogP contribution in [0.15, 0.2) is 10.6 Å². The molecule has 2 N–H and O–H groups in total. The summed E-state index contributed by atoms with van der Waals surface area (Å²) in [6.07, 6.45) is 2.05. The van der Waals surface area contributed by atoms with Gasteiger partial charge >= 0.3 is 5.97 Å². The van der Waals surface area contributed by atoms with Gasteiger partial charge in [0.05, 0.1) is 29.8 Å². The lowest BCUT2D eigenvalue weighted by Gasteiger charge is -2.46. The Morgan fingerprint density at radius 2 is 1.90 bits per heavy atom. The number of nitrogens with zero attached hydrogens (tertiary/aromatic N) is 3. The maximum Gasteiger partial charge on any atom is 0.353 e. The minimum absolute atomic E-state index is 0.0663. The van der Waals surface area contributed by atoms with Crippen LogP contribution in [-0.4, -0.2) is 84.4 Å². The number of carboxylic acid groups (broad SMARTS) is 1. The Morgan fingerprint density at radius 1 is 1.23 bits per heavy atom. The molecule has 5 rings (SSSR count). The van der Waals surface area contributed by atoms with Crippen LogP contribution >= 0.6 is 11.8 Å². The number of fused-ring (bicyclic) bond motifs is 2.